The molecule has 0 aliphatic carbocycles. The standard InChI is InChI=1S/C14H14N4O4/c1-8(6-12(16)19)13(20)9-2-4-10(5-3-9)17-18-11(7-15)14(21)22/h2-5,8,17H,6H2,1H3,(H2,16,19)(H,21,22)/b18-11-/t8-/m1/s1. The van der Waals surface area contributed by atoms with Crippen molar-refractivity contribution < 1.29 is 19.5 Å². The van der Waals surface area contributed by atoms with Crippen LogP contribution in [0.5, 0.6) is 0 Å². The normalized spacial score (nSPS) is 12.1. The fourth-order valence-electron chi connectivity index (χ4n) is 1.63. The first kappa shape index (κ1) is 16.8. The molecule has 0 fully saturated rings. The first-order valence-electron chi connectivity index (χ1n) is 6.24. The number of benzene rings is 1. The van der Waals surface area contributed by atoms with Gasteiger partial charge in [-0.1, -0.05) is 6.92 Å². The third-order valence-corrected chi connectivity index (χ3v) is 2.73. The fourth-order valence-corrected chi connectivity index (χ4v) is 1.63. The van der Waals surface area contributed by atoms with Gasteiger partial charge in [-0.2, -0.15) is 10.4 Å². The number of hydrogen-bond acceptors (Lipinski definition) is 6. The summed E-state index contributed by atoms with van der Waals surface area (Å²) in [4.78, 5) is 33.4. The third-order valence-electron chi connectivity index (χ3n) is 2.73. The van der Waals surface area contributed by atoms with Gasteiger partial charge in [-0.15, -0.1) is 0 Å². The molecule has 0 aromatic heterocycles. The van der Waals surface area contributed by atoms with Crippen molar-refractivity contribution in [3.63, 3.8) is 0 Å². The topological polar surface area (TPSA) is 146 Å². The Morgan fingerprint density at radius 1 is 1.36 bits per heavy atom. The molecule has 0 heterocycles. The molecule has 0 unspecified atom stereocenters. The van der Waals surface area contributed by atoms with Gasteiger partial charge in [0.05, 0.1) is 5.69 Å². The van der Waals surface area contributed by atoms with E-state index in [1.807, 2.05) is 0 Å². The molecule has 0 radical (unpaired) electrons. The number of carbonyl (C=O) groups is 3. The van der Waals surface area contributed by atoms with E-state index in [1.54, 1.807) is 6.92 Å². The first-order chi connectivity index (χ1) is 10.3. The highest BCUT2D eigenvalue weighted by Crippen LogP contribution is 2.15. The van der Waals surface area contributed by atoms with E-state index in [9.17, 15) is 14.4 Å². The highest BCUT2D eigenvalue weighted by molar-refractivity contribution is 6.42. The molecule has 0 saturated heterocycles. The van der Waals surface area contributed by atoms with Gasteiger partial charge < -0.3 is 10.8 Å². The second-order valence-corrected chi connectivity index (χ2v) is 4.50. The Morgan fingerprint density at radius 2 is 1.95 bits per heavy atom. The van der Waals surface area contributed by atoms with Crippen LogP contribution in [0.15, 0.2) is 29.4 Å². The van der Waals surface area contributed by atoms with Crippen molar-refractivity contribution in [1.82, 2.24) is 0 Å². The Balaban J connectivity index is 2.79. The number of Topliss-reactive ketones (excluding diaryl/α,β-unsaturated/α-hetero) is 1. The third kappa shape index (κ3) is 4.72. The number of carbonyl (C=O) groups excluding carboxylic acids is 2. The highest BCUT2D eigenvalue weighted by atomic mass is 16.4. The number of nitriles is 1. The van der Waals surface area contributed by atoms with Crippen molar-refractivity contribution in [2.45, 2.75) is 13.3 Å². The molecular formula is C14H14N4O4. The van der Waals surface area contributed by atoms with E-state index in [-0.39, 0.29) is 12.2 Å². The van der Waals surface area contributed by atoms with Crippen molar-refractivity contribution in [3.05, 3.63) is 29.8 Å². The molecule has 1 atom stereocenters. The first-order valence-corrected chi connectivity index (χ1v) is 6.24. The second kappa shape index (κ2) is 7.54. The van der Waals surface area contributed by atoms with Gasteiger partial charge in [-0.05, 0) is 24.3 Å². The van der Waals surface area contributed by atoms with Crippen LogP contribution in [0, 0.1) is 17.2 Å². The van der Waals surface area contributed by atoms with Crippen LogP contribution in [-0.4, -0.2) is 28.5 Å². The van der Waals surface area contributed by atoms with Gasteiger partial charge in [0, 0.05) is 17.9 Å². The minimum Gasteiger partial charge on any atom is -0.476 e. The van der Waals surface area contributed by atoms with E-state index >= 15 is 0 Å². The van der Waals surface area contributed by atoms with Crippen LogP contribution >= 0.6 is 0 Å². The number of nitrogens with two attached hydrogens (primary N) is 1. The molecule has 22 heavy (non-hydrogen) atoms. The minimum absolute atomic E-state index is 0.0345. The van der Waals surface area contributed by atoms with E-state index < -0.39 is 23.5 Å². The van der Waals surface area contributed by atoms with E-state index in [4.69, 9.17) is 16.1 Å². The summed E-state index contributed by atoms with van der Waals surface area (Å²) in [7, 11) is 0. The predicted molar refractivity (Wildman–Crippen MR) is 78.1 cm³/mol. The lowest BCUT2D eigenvalue weighted by atomic mass is 9.96. The van der Waals surface area contributed by atoms with Gasteiger partial charge in [-0.25, -0.2) is 4.79 Å². The Morgan fingerprint density at radius 3 is 2.41 bits per heavy atom. The van der Waals surface area contributed by atoms with Crippen molar-refractivity contribution in [2.75, 3.05) is 5.43 Å². The summed E-state index contributed by atoms with van der Waals surface area (Å²) in [5.41, 5.74) is 7.57. The maximum atomic E-state index is 12.0. The number of nitrogens with one attached hydrogen (secondary N) is 1. The van der Waals surface area contributed by atoms with Gasteiger partial charge in [0.2, 0.25) is 11.6 Å². The van der Waals surface area contributed by atoms with Crippen LogP contribution in [0.25, 0.3) is 0 Å². The number of hydrazone groups is 1. The molecule has 0 bridgehead atoms. The van der Waals surface area contributed by atoms with Crippen molar-refractivity contribution in [1.29, 1.82) is 5.26 Å². The van der Waals surface area contributed by atoms with Crippen LogP contribution in [0.1, 0.15) is 23.7 Å². The fraction of sp³-hybridized carbons (Fsp3) is 0.214. The minimum atomic E-state index is -1.44. The maximum absolute atomic E-state index is 12.0. The molecule has 0 aliphatic rings. The van der Waals surface area contributed by atoms with Crippen molar-refractivity contribution in [3.8, 4) is 6.07 Å². The molecule has 8 heteroatoms. The largest absolute Gasteiger partial charge is 0.476 e. The van der Waals surface area contributed by atoms with Crippen molar-refractivity contribution in [2.24, 2.45) is 16.8 Å². The van der Waals surface area contributed by atoms with Crippen molar-refractivity contribution >= 4 is 29.1 Å². The molecule has 0 saturated carbocycles. The molecule has 4 N–H and O–H groups in total. The van der Waals surface area contributed by atoms with Gasteiger partial charge >= 0.3 is 5.97 Å². The summed E-state index contributed by atoms with van der Waals surface area (Å²) in [5.74, 6) is -2.74. The van der Waals surface area contributed by atoms with Gasteiger partial charge in [-0.3, -0.25) is 15.0 Å². The Hall–Kier alpha value is -3.21. The maximum Gasteiger partial charge on any atom is 0.367 e. The molecule has 8 nitrogen and oxygen atoms in total. The number of carboxylic acid groups (broad SMARTS) is 1. The van der Waals surface area contributed by atoms with Gasteiger partial charge in [0.15, 0.2) is 5.78 Å². The van der Waals surface area contributed by atoms with Gasteiger partial charge in [0.1, 0.15) is 6.07 Å². The summed E-state index contributed by atoms with van der Waals surface area (Å²) in [6, 6.07) is 7.44. The SMILES string of the molecule is C[C@H](CC(N)=O)C(=O)c1ccc(N/N=C(/C#N)C(=O)O)cc1. The van der Waals surface area contributed by atoms with Crippen LogP contribution in [0.3, 0.4) is 0 Å². The number of hydrogen-bond donors (Lipinski definition) is 3. The molecule has 1 rings (SSSR count). The predicted octanol–water partition coefficient (Wildman–Crippen LogP) is 0.757. The monoisotopic (exact) mass is 302 g/mol. The zero-order valence-corrected chi connectivity index (χ0v) is 11.7. The number of carboxylic acids is 1. The zero-order chi connectivity index (χ0) is 16.7. The number of ketones is 1. The van der Waals surface area contributed by atoms with Crippen LogP contribution in [0.2, 0.25) is 0 Å². The Labute approximate surface area is 126 Å². The number of rotatable bonds is 7. The van der Waals surface area contributed by atoms with E-state index in [1.165, 1.54) is 30.3 Å². The van der Waals surface area contributed by atoms with Gasteiger partial charge in [0.25, 0.3) is 0 Å². The summed E-state index contributed by atoms with van der Waals surface area (Å²) in [6.07, 6.45) is -0.0345. The summed E-state index contributed by atoms with van der Waals surface area (Å²) in [6.45, 7) is 1.61. The molecule has 1 aromatic carbocycles. The number of anilines is 1. The van der Waals surface area contributed by atoms with Crippen LogP contribution in [0.4, 0.5) is 5.69 Å². The number of aliphatic carboxylic acids is 1. The lowest BCUT2D eigenvalue weighted by Crippen LogP contribution is -2.20. The van der Waals surface area contributed by atoms with E-state index in [2.05, 4.69) is 10.5 Å². The van der Waals surface area contributed by atoms with E-state index in [0.717, 1.165) is 0 Å². The molecule has 0 spiro atoms. The molecule has 1 aromatic rings. The molecular weight excluding hydrogens is 288 g/mol. The summed E-state index contributed by atoms with van der Waals surface area (Å²) in [5, 5.41) is 20.6. The summed E-state index contributed by atoms with van der Waals surface area (Å²) < 4.78 is 0. The lowest BCUT2D eigenvalue weighted by molar-refractivity contribution is -0.129. The highest BCUT2D eigenvalue weighted by Gasteiger charge is 2.17. The quantitative estimate of drug-likeness (QED) is 0.385. The zero-order valence-electron chi connectivity index (χ0n) is 11.7. The number of amides is 1. The van der Waals surface area contributed by atoms with Crippen LogP contribution in [-0.2, 0) is 9.59 Å². The smallest absolute Gasteiger partial charge is 0.367 e. The van der Waals surface area contributed by atoms with E-state index in [0.29, 0.717) is 11.3 Å². The average molecular weight is 302 g/mol. The molecule has 0 aliphatic heterocycles. The molecule has 1 amide bonds. The lowest BCUT2D eigenvalue weighted by Gasteiger charge is -2.08. The Kier molecular flexibility index (Phi) is 5.77. The number of nitrogens with zero attached hydrogens (tertiary/aromatic N) is 2. The molecule has 114 valence electrons. The average Bonchev–Trinajstić information content (AvgIpc) is 2.46. The second-order valence-electron chi connectivity index (χ2n) is 4.50. The van der Waals surface area contributed by atoms with Crippen LogP contribution < -0.4 is 11.2 Å². The Bertz CT molecular complexity index is 658. The number of primary amides is 1. The summed E-state index contributed by atoms with van der Waals surface area (Å²) >= 11 is 0.